The molecule has 0 saturated heterocycles. The van der Waals surface area contributed by atoms with Crippen LogP contribution in [0, 0.1) is 29.1 Å². The summed E-state index contributed by atoms with van der Waals surface area (Å²) in [6.45, 7) is -1.11. The molecule has 4 aromatic rings. The molecule has 0 aliphatic carbocycles. The summed E-state index contributed by atoms with van der Waals surface area (Å²) >= 11 is 0. The van der Waals surface area contributed by atoms with Gasteiger partial charge in [-0.05, 0) is 17.7 Å². The number of aromatic nitrogens is 1. The van der Waals surface area contributed by atoms with E-state index in [4.69, 9.17) is 9.26 Å². The quantitative estimate of drug-likeness (QED) is 0.135. The van der Waals surface area contributed by atoms with Crippen LogP contribution in [0.15, 0.2) is 53.1 Å². The van der Waals surface area contributed by atoms with Crippen molar-refractivity contribution in [2.24, 2.45) is 0 Å². The summed E-state index contributed by atoms with van der Waals surface area (Å²) in [5, 5.41) is 4.69. The van der Waals surface area contributed by atoms with E-state index in [9.17, 15) is 26.7 Å². The molecule has 0 atom stereocenters. The molecule has 3 aromatic carbocycles. The molecule has 10 heteroatoms. The van der Waals surface area contributed by atoms with Gasteiger partial charge in [0.05, 0.1) is 5.69 Å². The maximum absolute atomic E-state index is 13.6. The Balaban J connectivity index is 1.45. The van der Waals surface area contributed by atoms with E-state index in [2.05, 4.69) is 9.89 Å². The van der Waals surface area contributed by atoms with Crippen molar-refractivity contribution >= 4 is 16.9 Å². The molecule has 5 nitrogen and oxygen atoms in total. The Morgan fingerprint density at radius 1 is 0.875 bits per heavy atom. The van der Waals surface area contributed by atoms with Crippen LogP contribution in [0.1, 0.15) is 11.3 Å². The van der Waals surface area contributed by atoms with E-state index in [0.29, 0.717) is 23.1 Å². The van der Waals surface area contributed by atoms with Crippen LogP contribution in [0.2, 0.25) is 0 Å². The van der Waals surface area contributed by atoms with Crippen LogP contribution in [0.5, 0.6) is 11.5 Å². The number of carbonyl (C=O) groups is 1. The molecule has 0 amide bonds. The van der Waals surface area contributed by atoms with Crippen LogP contribution in [0.4, 0.5) is 22.0 Å². The summed E-state index contributed by atoms with van der Waals surface area (Å²) in [4.78, 5) is 11.9. The SMILES string of the molecule is O=C(COc1c(F)c(F)c(F)c(F)c1F)Oc1ccc2c(Cc3ccccc3)noc2c1. The van der Waals surface area contributed by atoms with Crippen LogP contribution < -0.4 is 9.47 Å². The first-order chi connectivity index (χ1) is 15.3. The van der Waals surface area contributed by atoms with Gasteiger partial charge in [0.15, 0.2) is 17.9 Å². The smallest absolute Gasteiger partial charge is 0.349 e. The molecule has 0 bridgehead atoms. The molecular formula is C22H12F5NO4. The van der Waals surface area contributed by atoms with Crippen molar-refractivity contribution in [3.05, 3.63) is 88.9 Å². The van der Waals surface area contributed by atoms with Crippen LogP contribution in [0.25, 0.3) is 11.0 Å². The zero-order valence-corrected chi connectivity index (χ0v) is 16.0. The second kappa shape index (κ2) is 8.66. The molecule has 32 heavy (non-hydrogen) atoms. The number of hydrogen-bond acceptors (Lipinski definition) is 5. The van der Waals surface area contributed by atoms with E-state index < -0.39 is 47.4 Å². The Morgan fingerprint density at radius 3 is 2.22 bits per heavy atom. The van der Waals surface area contributed by atoms with E-state index in [1.165, 1.54) is 12.1 Å². The summed E-state index contributed by atoms with van der Waals surface area (Å²) in [5.41, 5.74) is 2.00. The number of ether oxygens (including phenoxy) is 2. The number of rotatable bonds is 6. The Hall–Kier alpha value is -3.95. The number of carbonyl (C=O) groups excluding carboxylic acids is 1. The molecule has 0 saturated carbocycles. The number of benzene rings is 3. The van der Waals surface area contributed by atoms with Gasteiger partial charge in [0.1, 0.15) is 5.75 Å². The van der Waals surface area contributed by atoms with Crippen molar-refractivity contribution in [1.29, 1.82) is 0 Å². The van der Waals surface area contributed by atoms with E-state index in [1.807, 2.05) is 30.3 Å². The van der Waals surface area contributed by atoms with Crippen molar-refractivity contribution in [3.63, 3.8) is 0 Å². The van der Waals surface area contributed by atoms with E-state index >= 15 is 0 Å². The number of nitrogens with zero attached hydrogens (tertiary/aromatic N) is 1. The molecule has 1 heterocycles. The summed E-state index contributed by atoms with van der Waals surface area (Å²) in [5.74, 6) is -13.8. The highest BCUT2D eigenvalue weighted by molar-refractivity contribution is 5.82. The topological polar surface area (TPSA) is 61.6 Å². The number of hydrogen-bond donors (Lipinski definition) is 0. The lowest BCUT2D eigenvalue weighted by Crippen LogP contribution is -2.19. The Bertz CT molecular complexity index is 1280. The first-order valence-electron chi connectivity index (χ1n) is 9.12. The molecule has 0 unspecified atom stereocenters. The lowest BCUT2D eigenvalue weighted by atomic mass is 10.1. The third-order valence-corrected chi connectivity index (χ3v) is 4.47. The van der Waals surface area contributed by atoms with Gasteiger partial charge in [0, 0.05) is 17.9 Å². The van der Waals surface area contributed by atoms with Crippen LogP contribution in [-0.2, 0) is 11.2 Å². The number of halogens is 5. The lowest BCUT2D eigenvalue weighted by Gasteiger charge is -2.10. The molecule has 0 aliphatic heterocycles. The molecule has 0 radical (unpaired) electrons. The van der Waals surface area contributed by atoms with E-state index in [0.717, 1.165) is 5.56 Å². The highest BCUT2D eigenvalue weighted by atomic mass is 19.2. The monoisotopic (exact) mass is 449 g/mol. The molecule has 0 spiro atoms. The normalized spacial score (nSPS) is 11.0. The Kier molecular flexibility index (Phi) is 5.76. The lowest BCUT2D eigenvalue weighted by molar-refractivity contribution is -0.136. The largest absolute Gasteiger partial charge is 0.476 e. The average molecular weight is 449 g/mol. The minimum Gasteiger partial charge on any atom is -0.476 e. The fourth-order valence-electron chi connectivity index (χ4n) is 2.95. The molecule has 0 aliphatic rings. The standard InChI is InChI=1S/C22H12F5NO4/c23-17-18(24)20(26)22(21(27)19(17)25)30-10-16(29)31-12-6-7-13-14(28-32-15(13)9-12)8-11-4-2-1-3-5-11/h1-7,9H,8,10H2. The molecule has 0 fully saturated rings. The van der Waals surface area contributed by atoms with Gasteiger partial charge in [-0.1, -0.05) is 35.5 Å². The van der Waals surface area contributed by atoms with Crippen LogP contribution in [-0.4, -0.2) is 17.7 Å². The van der Waals surface area contributed by atoms with Gasteiger partial charge < -0.3 is 14.0 Å². The summed E-state index contributed by atoms with van der Waals surface area (Å²) < 4.78 is 81.3. The molecule has 4 rings (SSSR count). The zero-order valence-electron chi connectivity index (χ0n) is 16.0. The summed E-state index contributed by atoms with van der Waals surface area (Å²) in [6.07, 6.45) is 0.517. The molecule has 164 valence electrons. The van der Waals surface area contributed by atoms with Gasteiger partial charge in [0.25, 0.3) is 0 Å². The highest BCUT2D eigenvalue weighted by Gasteiger charge is 2.27. The van der Waals surface area contributed by atoms with Crippen molar-refractivity contribution in [2.75, 3.05) is 6.61 Å². The maximum Gasteiger partial charge on any atom is 0.349 e. The Labute approximate surface area is 177 Å². The van der Waals surface area contributed by atoms with Gasteiger partial charge in [-0.2, -0.15) is 8.78 Å². The van der Waals surface area contributed by atoms with Crippen molar-refractivity contribution < 1.29 is 40.7 Å². The fourth-order valence-corrected chi connectivity index (χ4v) is 2.95. The third-order valence-electron chi connectivity index (χ3n) is 4.47. The predicted molar refractivity (Wildman–Crippen MR) is 101 cm³/mol. The van der Waals surface area contributed by atoms with Gasteiger partial charge in [-0.3, -0.25) is 0 Å². The first-order valence-corrected chi connectivity index (χ1v) is 9.12. The van der Waals surface area contributed by atoms with Gasteiger partial charge in [0.2, 0.25) is 29.1 Å². The minimum absolute atomic E-state index is 0.00548. The Morgan fingerprint density at radius 2 is 1.53 bits per heavy atom. The van der Waals surface area contributed by atoms with Gasteiger partial charge in [-0.25, -0.2) is 18.0 Å². The third kappa shape index (κ3) is 4.11. The zero-order chi connectivity index (χ0) is 22.8. The van der Waals surface area contributed by atoms with Crippen molar-refractivity contribution in [3.8, 4) is 11.5 Å². The number of esters is 1. The van der Waals surface area contributed by atoms with Gasteiger partial charge in [-0.15, -0.1) is 0 Å². The molecule has 1 aromatic heterocycles. The van der Waals surface area contributed by atoms with E-state index in [-0.39, 0.29) is 5.75 Å². The fraction of sp³-hybridized carbons (Fsp3) is 0.0909. The van der Waals surface area contributed by atoms with Gasteiger partial charge >= 0.3 is 5.97 Å². The highest BCUT2D eigenvalue weighted by Crippen LogP contribution is 2.29. The minimum atomic E-state index is -2.33. The molecule has 0 N–H and O–H groups in total. The van der Waals surface area contributed by atoms with Crippen molar-refractivity contribution in [2.45, 2.75) is 6.42 Å². The second-order valence-electron chi connectivity index (χ2n) is 6.61. The first kappa shape index (κ1) is 21.3. The average Bonchev–Trinajstić information content (AvgIpc) is 3.19. The van der Waals surface area contributed by atoms with Crippen LogP contribution >= 0.6 is 0 Å². The second-order valence-corrected chi connectivity index (χ2v) is 6.61. The summed E-state index contributed by atoms with van der Waals surface area (Å²) in [7, 11) is 0. The maximum atomic E-state index is 13.6. The van der Waals surface area contributed by atoms with Crippen LogP contribution in [0.3, 0.4) is 0 Å². The summed E-state index contributed by atoms with van der Waals surface area (Å²) in [6, 6.07) is 13.9. The number of fused-ring (bicyclic) bond motifs is 1. The van der Waals surface area contributed by atoms with Crippen molar-refractivity contribution in [1.82, 2.24) is 5.16 Å². The predicted octanol–water partition coefficient (Wildman–Crippen LogP) is 5.10. The van der Waals surface area contributed by atoms with E-state index in [1.54, 1.807) is 6.07 Å². The molecular weight excluding hydrogens is 437 g/mol.